The second-order valence-corrected chi connectivity index (χ2v) is 4.80. The van der Waals surface area contributed by atoms with Gasteiger partial charge in [-0.25, -0.2) is 4.98 Å². The lowest BCUT2D eigenvalue weighted by atomic mass is 10.3. The highest BCUT2D eigenvalue weighted by molar-refractivity contribution is 5.75. The van der Waals surface area contributed by atoms with Crippen molar-refractivity contribution < 1.29 is 9.84 Å². The van der Waals surface area contributed by atoms with Gasteiger partial charge in [0.15, 0.2) is 0 Å². The van der Waals surface area contributed by atoms with Crippen LogP contribution >= 0.6 is 0 Å². The zero-order valence-corrected chi connectivity index (χ0v) is 11.8. The van der Waals surface area contributed by atoms with Crippen molar-refractivity contribution in [2.24, 2.45) is 0 Å². The predicted molar refractivity (Wildman–Crippen MR) is 82.5 cm³/mol. The van der Waals surface area contributed by atoms with Gasteiger partial charge in [0.1, 0.15) is 11.6 Å². The molecule has 4 nitrogen and oxygen atoms in total. The topological polar surface area (TPSA) is 47.3 Å². The molecule has 108 valence electrons. The smallest absolute Gasteiger partial charge is 0.119 e. The van der Waals surface area contributed by atoms with Crippen LogP contribution in [0.2, 0.25) is 0 Å². The van der Waals surface area contributed by atoms with E-state index in [1.807, 2.05) is 54.6 Å². The van der Waals surface area contributed by atoms with E-state index < -0.39 is 0 Å². The lowest BCUT2D eigenvalue weighted by Gasteiger charge is -2.08. The number of rotatable bonds is 6. The molecule has 1 aromatic heterocycles. The minimum Gasteiger partial charge on any atom is -0.493 e. The largest absolute Gasteiger partial charge is 0.493 e. The normalized spacial score (nSPS) is 10.9. The van der Waals surface area contributed by atoms with Gasteiger partial charge in [0, 0.05) is 13.0 Å². The van der Waals surface area contributed by atoms with E-state index in [9.17, 15) is 5.11 Å². The molecule has 0 spiro atoms. The Morgan fingerprint density at radius 2 is 1.76 bits per heavy atom. The van der Waals surface area contributed by atoms with Gasteiger partial charge >= 0.3 is 0 Å². The quantitative estimate of drug-likeness (QED) is 0.756. The van der Waals surface area contributed by atoms with E-state index in [4.69, 9.17) is 4.74 Å². The number of benzene rings is 2. The molecule has 3 aromatic rings. The summed E-state index contributed by atoms with van der Waals surface area (Å²) < 4.78 is 7.78. The molecule has 2 aromatic carbocycles. The van der Waals surface area contributed by atoms with Crippen LogP contribution < -0.4 is 4.74 Å². The first-order valence-corrected chi connectivity index (χ1v) is 7.11. The van der Waals surface area contributed by atoms with Crippen LogP contribution in [0, 0.1) is 0 Å². The molecule has 21 heavy (non-hydrogen) atoms. The summed E-state index contributed by atoms with van der Waals surface area (Å²) in [6.07, 6.45) is 0.712. The van der Waals surface area contributed by atoms with Crippen LogP contribution in [-0.4, -0.2) is 27.9 Å². The Kier molecular flexibility index (Phi) is 4.17. The second-order valence-electron chi connectivity index (χ2n) is 4.80. The van der Waals surface area contributed by atoms with Gasteiger partial charge in [-0.2, -0.15) is 0 Å². The number of hydrogen-bond donors (Lipinski definition) is 1. The van der Waals surface area contributed by atoms with E-state index in [-0.39, 0.29) is 6.61 Å². The Labute approximate surface area is 123 Å². The molecule has 3 rings (SSSR count). The zero-order valence-electron chi connectivity index (χ0n) is 11.8. The molecule has 0 saturated heterocycles. The van der Waals surface area contributed by atoms with Crippen molar-refractivity contribution in [1.82, 2.24) is 9.55 Å². The van der Waals surface area contributed by atoms with E-state index in [0.717, 1.165) is 22.6 Å². The summed E-state index contributed by atoms with van der Waals surface area (Å²) in [5, 5.41) is 9.25. The van der Waals surface area contributed by atoms with Gasteiger partial charge < -0.3 is 14.4 Å². The summed E-state index contributed by atoms with van der Waals surface area (Å²) in [5.74, 6) is 1.81. The van der Waals surface area contributed by atoms with Gasteiger partial charge in [-0.3, -0.25) is 0 Å². The van der Waals surface area contributed by atoms with Crippen LogP contribution in [0.3, 0.4) is 0 Å². The molecule has 0 bridgehead atoms. The first-order chi connectivity index (χ1) is 10.4. The van der Waals surface area contributed by atoms with Crippen LogP contribution in [-0.2, 0) is 13.0 Å². The summed E-state index contributed by atoms with van der Waals surface area (Å²) in [6, 6.07) is 17.7. The average Bonchev–Trinajstić information content (AvgIpc) is 2.87. The van der Waals surface area contributed by atoms with Crippen LogP contribution in [0.15, 0.2) is 54.6 Å². The maximum Gasteiger partial charge on any atom is 0.119 e. The van der Waals surface area contributed by atoms with E-state index in [1.165, 1.54) is 0 Å². The SMILES string of the molecule is OCCn1c(CCOc2ccccc2)nc2ccccc21. The first kappa shape index (κ1) is 13.6. The highest BCUT2D eigenvalue weighted by Crippen LogP contribution is 2.17. The van der Waals surface area contributed by atoms with Crippen molar-refractivity contribution >= 4 is 11.0 Å². The Bertz CT molecular complexity index is 707. The van der Waals surface area contributed by atoms with Gasteiger partial charge in [0.05, 0.1) is 24.2 Å². The van der Waals surface area contributed by atoms with Gasteiger partial charge in [-0.15, -0.1) is 0 Å². The van der Waals surface area contributed by atoms with Crippen LogP contribution in [0.1, 0.15) is 5.82 Å². The molecule has 1 heterocycles. The predicted octanol–water partition coefficient (Wildman–Crippen LogP) is 2.65. The zero-order chi connectivity index (χ0) is 14.5. The average molecular weight is 282 g/mol. The van der Waals surface area contributed by atoms with Gasteiger partial charge in [0.2, 0.25) is 0 Å². The summed E-state index contributed by atoms with van der Waals surface area (Å²) in [7, 11) is 0. The molecule has 0 amide bonds. The summed E-state index contributed by atoms with van der Waals surface area (Å²) >= 11 is 0. The molecule has 0 radical (unpaired) electrons. The summed E-state index contributed by atoms with van der Waals surface area (Å²) in [4.78, 5) is 4.63. The van der Waals surface area contributed by atoms with E-state index in [2.05, 4.69) is 9.55 Å². The van der Waals surface area contributed by atoms with Crippen molar-refractivity contribution in [2.45, 2.75) is 13.0 Å². The Balaban J connectivity index is 1.75. The number of aliphatic hydroxyl groups excluding tert-OH is 1. The van der Waals surface area contributed by atoms with E-state index in [1.54, 1.807) is 0 Å². The van der Waals surface area contributed by atoms with Crippen molar-refractivity contribution in [3.8, 4) is 5.75 Å². The molecule has 1 N–H and O–H groups in total. The van der Waals surface area contributed by atoms with Crippen LogP contribution in [0.25, 0.3) is 11.0 Å². The molecule has 4 heteroatoms. The third-order valence-electron chi connectivity index (χ3n) is 3.39. The Morgan fingerprint density at radius 1 is 1.00 bits per heavy atom. The molecule has 0 atom stereocenters. The van der Waals surface area contributed by atoms with Crippen molar-refractivity contribution in [1.29, 1.82) is 0 Å². The van der Waals surface area contributed by atoms with Gasteiger partial charge in [-0.05, 0) is 24.3 Å². The number of fused-ring (bicyclic) bond motifs is 1. The number of ether oxygens (including phenoxy) is 1. The Hall–Kier alpha value is -2.33. The molecular formula is C17H18N2O2. The number of imidazole rings is 1. The highest BCUT2D eigenvalue weighted by atomic mass is 16.5. The van der Waals surface area contributed by atoms with E-state index in [0.29, 0.717) is 19.6 Å². The fraction of sp³-hybridized carbons (Fsp3) is 0.235. The number of aliphatic hydroxyl groups is 1. The van der Waals surface area contributed by atoms with Crippen molar-refractivity contribution in [3.05, 3.63) is 60.4 Å². The standard InChI is InChI=1S/C17H18N2O2/c20-12-11-19-16-9-5-4-8-15(16)18-17(19)10-13-21-14-6-2-1-3-7-14/h1-9,20H,10-13H2. The van der Waals surface area contributed by atoms with Crippen LogP contribution in [0.4, 0.5) is 0 Å². The monoisotopic (exact) mass is 282 g/mol. The molecule has 0 fully saturated rings. The fourth-order valence-electron chi connectivity index (χ4n) is 2.44. The molecule has 0 aliphatic carbocycles. The lowest BCUT2D eigenvalue weighted by Crippen LogP contribution is -2.10. The second kappa shape index (κ2) is 6.41. The molecule has 0 aliphatic heterocycles. The minimum absolute atomic E-state index is 0.104. The highest BCUT2D eigenvalue weighted by Gasteiger charge is 2.09. The van der Waals surface area contributed by atoms with Crippen LogP contribution in [0.5, 0.6) is 5.75 Å². The first-order valence-electron chi connectivity index (χ1n) is 7.11. The third kappa shape index (κ3) is 3.06. The summed E-state index contributed by atoms with van der Waals surface area (Å²) in [6.45, 7) is 1.23. The number of aromatic nitrogens is 2. The number of hydrogen-bond acceptors (Lipinski definition) is 3. The van der Waals surface area contributed by atoms with E-state index >= 15 is 0 Å². The molecule has 0 aliphatic rings. The lowest BCUT2D eigenvalue weighted by molar-refractivity contribution is 0.272. The third-order valence-corrected chi connectivity index (χ3v) is 3.39. The van der Waals surface area contributed by atoms with Crippen molar-refractivity contribution in [3.63, 3.8) is 0 Å². The number of para-hydroxylation sites is 3. The van der Waals surface area contributed by atoms with Crippen molar-refractivity contribution in [2.75, 3.05) is 13.2 Å². The fourth-order valence-corrected chi connectivity index (χ4v) is 2.44. The molecule has 0 unspecified atom stereocenters. The molecular weight excluding hydrogens is 264 g/mol. The number of nitrogens with zero attached hydrogens (tertiary/aromatic N) is 2. The minimum atomic E-state index is 0.104. The maximum absolute atomic E-state index is 9.25. The van der Waals surface area contributed by atoms with Gasteiger partial charge in [0.25, 0.3) is 0 Å². The molecule has 0 saturated carbocycles. The maximum atomic E-state index is 9.25. The summed E-state index contributed by atoms with van der Waals surface area (Å²) in [5.41, 5.74) is 2.02. The van der Waals surface area contributed by atoms with Gasteiger partial charge in [-0.1, -0.05) is 30.3 Å². The Morgan fingerprint density at radius 3 is 2.57 bits per heavy atom.